The fourth-order valence-electron chi connectivity index (χ4n) is 4.86. The summed E-state index contributed by atoms with van der Waals surface area (Å²) in [5, 5.41) is 12.3. The number of carbonyl (C=O) groups is 2. The Balaban J connectivity index is 1.53. The van der Waals surface area contributed by atoms with E-state index >= 15 is 0 Å². The molecule has 1 aromatic rings. The Bertz CT molecular complexity index is 734. The molecule has 1 aliphatic carbocycles. The largest absolute Gasteiger partial charge is 0.396 e. The van der Waals surface area contributed by atoms with Gasteiger partial charge in [-0.3, -0.25) is 9.59 Å². The average molecular weight is 362 g/mol. The van der Waals surface area contributed by atoms with E-state index in [2.05, 4.69) is 19.2 Å². The third-order valence-electron chi connectivity index (χ3n) is 6.03. The molecule has 2 atom stereocenters. The molecule has 2 aliphatic rings. The van der Waals surface area contributed by atoms with Crippen molar-refractivity contribution in [2.45, 2.75) is 40.0 Å². The molecule has 0 bridgehead atoms. The first-order valence-electron chi connectivity index (χ1n) is 9.11. The summed E-state index contributed by atoms with van der Waals surface area (Å²) in [7, 11) is 0. The number of rotatable bonds is 5. The number of fused-ring (bicyclic) bond motifs is 1. The van der Waals surface area contributed by atoms with Crippen molar-refractivity contribution in [3.05, 3.63) is 29.6 Å². The number of anilines is 1. The molecular weight excluding hydrogens is 335 g/mol. The fraction of sp³-hybridized carbons (Fsp3) is 0.600. The van der Waals surface area contributed by atoms with Gasteiger partial charge in [0.1, 0.15) is 5.82 Å². The van der Waals surface area contributed by atoms with E-state index in [0.29, 0.717) is 19.0 Å². The number of aliphatic hydroxyl groups excluding tert-OH is 1. The molecule has 6 heteroatoms. The number of amides is 2. The molecule has 0 spiro atoms. The van der Waals surface area contributed by atoms with Gasteiger partial charge in [-0.05, 0) is 42.4 Å². The first-order valence-corrected chi connectivity index (χ1v) is 9.11. The molecule has 2 fully saturated rings. The van der Waals surface area contributed by atoms with Gasteiger partial charge in [0.25, 0.3) is 0 Å². The molecule has 0 unspecified atom stereocenters. The number of aryl methyl sites for hydroxylation is 1. The zero-order valence-corrected chi connectivity index (χ0v) is 15.6. The van der Waals surface area contributed by atoms with Gasteiger partial charge in [0, 0.05) is 31.3 Å². The smallest absolute Gasteiger partial charge is 0.224 e. The maximum atomic E-state index is 13.7. The molecule has 5 nitrogen and oxygen atoms in total. The number of halogens is 1. The van der Waals surface area contributed by atoms with Crippen LogP contribution in [-0.4, -0.2) is 41.5 Å². The van der Waals surface area contributed by atoms with Crippen molar-refractivity contribution in [1.29, 1.82) is 0 Å². The van der Waals surface area contributed by atoms with E-state index in [9.17, 15) is 19.1 Å². The molecule has 1 heterocycles. The van der Waals surface area contributed by atoms with Crippen LogP contribution < -0.4 is 5.32 Å². The standard InChI is InChI=1S/C20H27FN2O3/c1-13-4-5-14(21)15(8-13)22-17(25)6-7-18(26)23-9-16-19(2,3)10-20(16,11-23)12-24/h4-5,8,16,24H,6-7,9-12H2,1-3H3,(H,22,25)/t16-,20-/m1/s1. The minimum Gasteiger partial charge on any atom is -0.396 e. The second-order valence-electron chi connectivity index (χ2n) is 8.54. The van der Waals surface area contributed by atoms with Gasteiger partial charge >= 0.3 is 0 Å². The molecule has 0 radical (unpaired) electrons. The van der Waals surface area contributed by atoms with Crippen LogP contribution in [0.4, 0.5) is 10.1 Å². The Morgan fingerprint density at radius 1 is 1.35 bits per heavy atom. The van der Waals surface area contributed by atoms with Gasteiger partial charge in [0.15, 0.2) is 0 Å². The number of carbonyl (C=O) groups excluding carboxylic acids is 2. The predicted molar refractivity (Wildman–Crippen MR) is 97.0 cm³/mol. The lowest BCUT2D eigenvalue weighted by Gasteiger charge is -2.55. The molecule has 2 N–H and O–H groups in total. The van der Waals surface area contributed by atoms with Gasteiger partial charge in [-0.1, -0.05) is 19.9 Å². The monoisotopic (exact) mass is 362 g/mol. The van der Waals surface area contributed by atoms with Crippen LogP contribution in [0.25, 0.3) is 0 Å². The summed E-state index contributed by atoms with van der Waals surface area (Å²) in [5.74, 6) is -0.636. The van der Waals surface area contributed by atoms with Crippen molar-refractivity contribution < 1.29 is 19.1 Å². The van der Waals surface area contributed by atoms with E-state index in [0.717, 1.165) is 12.0 Å². The van der Waals surface area contributed by atoms with E-state index in [-0.39, 0.29) is 47.8 Å². The summed E-state index contributed by atoms with van der Waals surface area (Å²) in [6.07, 6.45) is 1.02. The second-order valence-corrected chi connectivity index (χ2v) is 8.54. The van der Waals surface area contributed by atoms with Gasteiger partial charge in [-0.25, -0.2) is 4.39 Å². The van der Waals surface area contributed by atoms with Crippen LogP contribution in [-0.2, 0) is 9.59 Å². The Hall–Kier alpha value is -1.95. The number of likely N-dealkylation sites (tertiary alicyclic amines) is 1. The normalized spacial score (nSPS) is 26.2. The molecule has 1 saturated heterocycles. The number of aliphatic hydroxyl groups is 1. The Kier molecular flexibility index (Phi) is 4.82. The fourth-order valence-corrected chi connectivity index (χ4v) is 4.86. The number of nitrogens with one attached hydrogen (secondary N) is 1. The van der Waals surface area contributed by atoms with Crippen LogP contribution in [0, 0.1) is 29.5 Å². The summed E-state index contributed by atoms with van der Waals surface area (Å²) in [4.78, 5) is 26.3. The number of nitrogens with zero attached hydrogens (tertiary/aromatic N) is 1. The van der Waals surface area contributed by atoms with Crippen LogP contribution in [0.3, 0.4) is 0 Å². The van der Waals surface area contributed by atoms with Crippen molar-refractivity contribution in [1.82, 2.24) is 4.90 Å². The molecule has 1 aliphatic heterocycles. The summed E-state index contributed by atoms with van der Waals surface area (Å²) >= 11 is 0. The van der Waals surface area contributed by atoms with Crippen LogP contribution in [0.5, 0.6) is 0 Å². The lowest BCUT2D eigenvalue weighted by Crippen LogP contribution is -2.54. The highest BCUT2D eigenvalue weighted by molar-refractivity contribution is 5.93. The van der Waals surface area contributed by atoms with E-state index in [1.807, 2.05) is 6.92 Å². The van der Waals surface area contributed by atoms with E-state index < -0.39 is 5.82 Å². The third kappa shape index (κ3) is 3.34. The van der Waals surface area contributed by atoms with E-state index in [1.165, 1.54) is 6.07 Å². The average Bonchev–Trinajstić information content (AvgIpc) is 2.91. The molecule has 0 aromatic heterocycles. The molecule has 26 heavy (non-hydrogen) atoms. The van der Waals surface area contributed by atoms with Gasteiger partial charge in [-0.15, -0.1) is 0 Å². The lowest BCUT2D eigenvalue weighted by molar-refractivity contribution is -0.132. The van der Waals surface area contributed by atoms with Gasteiger partial charge < -0.3 is 15.3 Å². The van der Waals surface area contributed by atoms with Crippen molar-refractivity contribution in [3.63, 3.8) is 0 Å². The zero-order chi connectivity index (χ0) is 19.1. The van der Waals surface area contributed by atoms with Gasteiger partial charge in [0.05, 0.1) is 12.3 Å². The molecule has 1 aromatic carbocycles. The Morgan fingerprint density at radius 3 is 2.69 bits per heavy atom. The maximum absolute atomic E-state index is 13.7. The van der Waals surface area contributed by atoms with Crippen molar-refractivity contribution in [2.24, 2.45) is 16.7 Å². The summed E-state index contributed by atoms with van der Waals surface area (Å²) in [6, 6.07) is 4.52. The summed E-state index contributed by atoms with van der Waals surface area (Å²) in [6.45, 7) is 7.45. The highest BCUT2D eigenvalue weighted by Crippen LogP contribution is 2.62. The first-order chi connectivity index (χ1) is 12.2. The quantitative estimate of drug-likeness (QED) is 0.846. The second kappa shape index (κ2) is 6.65. The predicted octanol–water partition coefficient (Wildman–Crippen LogP) is 2.72. The van der Waals surface area contributed by atoms with E-state index in [4.69, 9.17) is 0 Å². The molecule has 1 saturated carbocycles. The van der Waals surface area contributed by atoms with Crippen molar-refractivity contribution in [3.8, 4) is 0 Å². The van der Waals surface area contributed by atoms with Crippen molar-refractivity contribution >= 4 is 17.5 Å². The minimum atomic E-state index is -0.487. The Morgan fingerprint density at radius 2 is 2.08 bits per heavy atom. The topological polar surface area (TPSA) is 69.6 Å². The molecule has 142 valence electrons. The number of hydrogen-bond acceptors (Lipinski definition) is 3. The maximum Gasteiger partial charge on any atom is 0.224 e. The SMILES string of the molecule is Cc1ccc(F)c(NC(=O)CCC(=O)N2C[C@@H]3C(C)(C)C[C@]3(CO)C2)c1. The highest BCUT2D eigenvalue weighted by Gasteiger charge is 2.62. The van der Waals surface area contributed by atoms with Gasteiger partial charge in [0.2, 0.25) is 11.8 Å². The van der Waals surface area contributed by atoms with E-state index in [1.54, 1.807) is 17.0 Å². The van der Waals surface area contributed by atoms with Crippen LogP contribution in [0.15, 0.2) is 18.2 Å². The van der Waals surface area contributed by atoms with Crippen LogP contribution in [0.1, 0.15) is 38.7 Å². The first kappa shape index (κ1) is 18.8. The molecular formula is C20H27FN2O3. The molecule has 3 rings (SSSR count). The third-order valence-corrected chi connectivity index (χ3v) is 6.03. The minimum absolute atomic E-state index is 0.0168. The van der Waals surface area contributed by atoms with Crippen LogP contribution >= 0.6 is 0 Å². The number of hydrogen-bond donors (Lipinski definition) is 2. The highest BCUT2D eigenvalue weighted by atomic mass is 19.1. The van der Waals surface area contributed by atoms with Crippen LogP contribution in [0.2, 0.25) is 0 Å². The summed E-state index contributed by atoms with van der Waals surface area (Å²) < 4.78 is 13.7. The van der Waals surface area contributed by atoms with Gasteiger partial charge in [-0.2, -0.15) is 0 Å². The lowest BCUT2D eigenvalue weighted by atomic mass is 9.48. The summed E-state index contributed by atoms with van der Waals surface area (Å²) in [5.41, 5.74) is 0.953. The molecule has 2 amide bonds. The van der Waals surface area contributed by atoms with Crippen molar-refractivity contribution in [2.75, 3.05) is 25.0 Å². The number of benzene rings is 1. The zero-order valence-electron chi connectivity index (χ0n) is 15.6. The Labute approximate surface area is 153 Å².